The van der Waals surface area contributed by atoms with E-state index in [1.807, 2.05) is 6.92 Å². The molecule has 1 amide bonds. The Morgan fingerprint density at radius 1 is 1.46 bits per heavy atom. The molecule has 0 aromatic carbocycles. The number of amides is 1. The molecule has 0 N–H and O–H groups in total. The molecule has 0 aliphatic carbocycles. The Bertz CT molecular complexity index is 748. The number of carbonyl (C=O) groups is 1. The van der Waals surface area contributed by atoms with Crippen LogP contribution in [0.3, 0.4) is 0 Å². The average Bonchev–Trinajstić information content (AvgIpc) is 3.15. The van der Waals surface area contributed by atoms with Gasteiger partial charge in [-0.05, 0) is 13.0 Å². The van der Waals surface area contributed by atoms with E-state index in [2.05, 4.69) is 9.97 Å². The summed E-state index contributed by atoms with van der Waals surface area (Å²) in [6.45, 7) is 2.59. The predicted octanol–water partition coefficient (Wildman–Crippen LogP) is 3.16. The summed E-state index contributed by atoms with van der Waals surface area (Å²) >= 11 is 1.39. The highest BCUT2D eigenvalue weighted by Gasteiger charge is 2.32. The lowest BCUT2D eigenvalue weighted by molar-refractivity contribution is -0.137. The molecule has 3 heterocycles. The van der Waals surface area contributed by atoms with Crippen LogP contribution in [0.25, 0.3) is 0 Å². The number of aryl methyl sites for hydroxylation is 1. The molecule has 128 valence electrons. The van der Waals surface area contributed by atoms with E-state index in [0.717, 1.165) is 23.3 Å². The van der Waals surface area contributed by atoms with Crippen molar-refractivity contribution in [1.29, 1.82) is 0 Å². The Morgan fingerprint density at radius 3 is 2.92 bits per heavy atom. The molecule has 0 unspecified atom stereocenters. The van der Waals surface area contributed by atoms with E-state index >= 15 is 0 Å². The third kappa shape index (κ3) is 3.66. The maximum absolute atomic E-state index is 12.7. The lowest BCUT2D eigenvalue weighted by Gasteiger charge is -2.16. The number of alkyl halides is 3. The van der Waals surface area contributed by atoms with E-state index in [1.165, 1.54) is 11.3 Å². The molecule has 1 aliphatic rings. The van der Waals surface area contributed by atoms with Crippen molar-refractivity contribution in [3.63, 3.8) is 0 Å². The smallest absolute Gasteiger partial charge is 0.416 e. The first-order valence-corrected chi connectivity index (χ1v) is 8.12. The third-order valence-corrected chi connectivity index (χ3v) is 4.39. The van der Waals surface area contributed by atoms with E-state index in [9.17, 15) is 18.0 Å². The highest BCUT2D eigenvalue weighted by Crippen LogP contribution is 2.31. The number of halogens is 3. The molecule has 9 heteroatoms. The van der Waals surface area contributed by atoms with E-state index in [1.54, 1.807) is 10.3 Å². The fraction of sp³-hybridized carbons (Fsp3) is 0.400. The number of carbonyl (C=O) groups excluding carboxylic acids is 1. The van der Waals surface area contributed by atoms with Gasteiger partial charge in [0.2, 0.25) is 5.88 Å². The van der Waals surface area contributed by atoms with Gasteiger partial charge in [0.1, 0.15) is 11.8 Å². The minimum absolute atomic E-state index is 0.0892. The molecule has 1 fully saturated rings. The van der Waals surface area contributed by atoms with Crippen molar-refractivity contribution < 1.29 is 22.7 Å². The van der Waals surface area contributed by atoms with Gasteiger partial charge in [-0.1, -0.05) is 0 Å². The van der Waals surface area contributed by atoms with E-state index in [4.69, 9.17) is 4.74 Å². The highest BCUT2D eigenvalue weighted by atomic mass is 32.1. The normalized spacial score (nSPS) is 18.0. The monoisotopic (exact) mass is 357 g/mol. The summed E-state index contributed by atoms with van der Waals surface area (Å²) in [4.78, 5) is 21.8. The number of hydrogen-bond acceptors (Lipinski definition) is 5. The minimum atomic E-state index is -4.44. The van der Waals surface area contributed by atoms with Crippen LogP contribution in [0.5, 0.6) is 5.88 Å². The molecule has 1 saturated heterocycles. The number of hydrogen-bond donors (Lipinski definition) is 0. The molecule has 24 heavy (non-hydrogen) atoms. The zero-order valence-electron chi connectivity index (χ0n) is 12.7. The van der Waals surface area contributed by atoms with Crippen LogP contribution in [0.4, 0.5) is 13.2 Å². The van der Waals surface area contributed by atoms with E-state index in [-0.39, 0.29) is 17.9 Å². The van der Waals surface area contributed by atoms with Crippen molar-refractivity contribution >= 4 is 17.2 Å². The maximum Gasteiger partial charge on any atom is 0.416 e. The largest absolute Gasteiger partial charge is 0.472 e. The lowest BCUT2D eigenvalue weighted by atomic mass is 10.2. The Labute approximate surface area is 140 Å². The first-order chi connectivity index (χ1) is 11.3. The minimum Gasteiger partial charge on any atom is -0.472 e. The second-order valence-electron chi connectivity index (χ2n) is 5.41. The van der Waals surface area contributed by atoms with Gasteiger partial charge in [0.15, 0.2) is 0 Å². The van der Waals surface area contributed by atoms with Crippen molar-refractivity contribution in [3.8, 4) is 5.88 Å². The number of thiazole rings is 1. The van der Waals surface area contributed by atoms with Gasteiger partial charge in [-0.2, -0.15) is 13.2 Å². The topological polar surface area (TPSA) is 55.3 Å². The molecule has 2 aromatic heterocycles. The standard InChI is InChI=1S/C15H14F3N3O2S/c1-9-20-12(8-24-9)14(22)21-5-3-11(7-21)23-13-6-10(2-4-19-13)15(16,17)18/h2,4,6,8,11H,3,5,7H2,1H3/t11-/m0/s1. The third-order valence-electron chi connectivity index (χ3n) is 3.62. The molecule has 0 saturated carbocycles. The summed E-state index contributed by atoms with van der Waals surface area (Å²) in [7, 11) is 0. The summed E-state index contributed by atoms with van der Waals surface area (Å²) in [5.41, 5.74) is -0.424. The predicted molar refractivity (Wildman–Crippen MR) is 81.0 cm³/mol. The highest BCUT2D eigenvalue weighted by molar-refractivity contribution is 7.09. The Morgan fingerprint density at radius 2 is 2.25 bits per heavy atom. The molecule has 0 bridgehead atoms. The van der Waals surface area contributed by atoms with Gasteiger partial charge in [-0.15, -0.1) is 11.3 Å². The van der Waals surface area contributed by atoms with Gasteiger partial charge in [-0.3, -0.25) is 4.79 Å². The average molecular weight is 357 g/mol. The summed E-state index contributed by atoms with van der Waals surface area (Å²) in [5, 5.41) is 2.50. The second-order valence-corrected chi connectivity index (χ2v) is 6.47. The second kappa shape index (κ2) is 6.39. The fourth-order valence-corrected chi connectivity index (χ4v) is 3.04. The van der Waals surface area contributed by atoms with Gasteiger partial charge < -0.3 is 9.64 Å². The number of aromatic nitrogens is 2. The molecule has 0 spiro atoms. The van der Waals surface area contributed by atoms with Crippen LogP contribution in [0.15, 0.2) is 23.7 Å². The van der Waals surface area contributed by atoms with Gasteiger partial charge in [0.05, 0.1) is 17.1 Å². The zero-order valence-corrected chi connectivity index (χ0v) is 13.5. The molecule has 0 radical (unpaired) electrons. The summed E-state index contributed by atoms with van der Waals surface area (Å²) in [6.07, 6.45) is -3.23. The molecule has 1 atom stereocenters. The Kier molecular flexibility index (Phi) is 4.44. The van der Waals surface area contributed by atoms with Crippen molar-refractivity contribution in [2.75, 3.05) is 13.1 Å². The lowest BCUT2D eigenvalue weighted by Crippen LogP contribution is -2.31. The molecular weight excluding hydrogens is 343 g/mol. The van der Waals surface area contributed by atoms with Crippen LogP contribution in [-0.2, 0) is 6.18 Å². The summed E-state index contributed by atoms with van der Waals surface area (Å²) in [6, 6.07) is 1.76. The maximum atomic E-state index is 12.7. The number of likely N-dealkylation sites (tertiary alicyclic amines) is 1. The number of nitrogens with zero attached hydrogens (tertiary/aromatic N) is 3. The van der Waals surface area contributed by atoms with Gasteiger partial charge in [0.25, 0.3) is 5.91 Å². The van der Waals surface area contributed by atoms with Crippen LogP contribution in [0, 0.1) is 6.92 Å². The van der Waals surface area contributed by atoms with Crippen molar-refractivity contribution in [2.45, 2.75) is 25.6 Å². The van der Waals surface area contributed by atoms with E-state index < -0.39 is 11.7 Å². The zero-order chi connectivity index (χ0) is 17.3. The van der Waals surface area contributed by atoms with Crippen LogP contribution in [0.2, 0.25) is 0 Å². The van der Waals surface area contributed by atoms with Crippen molar-refractivity contribution in [3.05, 3.63) is 40.0 Å². The van der Waals surface area contributed by atoms with Crippen LogP contribution in [0.1, 0.15) is 27.5 Å². The first kappa shape index (κ1) is 16.7. The quantitative estimate of drug-likeness (QED) is 0.847. The molecule has 3 rings (SSSR count). The van der Waals surface area contributed by atoms with Gasteiger partial charge in [-0.25, -0.2) is 9.97 Å². The SMILES string of the molecule is Cc1nc(C(=O)N2CC[C@H](Oc3cc(C(F)(F)F)ccn3)C2)cs1. The van der Waals surface area contributed by atoms with E-state index in [0.29, 0.717) is 25.2 Å². The van der Waals surface area contributed by atoms with Crippen molar-refractivity contribution in [2.24, 2.45) is 0 Å². The summed E-state index contributed by atoms with van der Waals surface area (Å²) in [5.74, 6) is -0.281. The Balaban J connectivity index is 1.63. The van der Waals surface area contributed by atoms with Crippen molar-refractivity contribution in [1.82, 2.24) is 14.9 Å². The number of ether oxygens (including phenoxy) is 1. The van der Waals surface area contributed by atoms with Gasteiger partial charge >= 0.3 is 6.18 Å². The van der Waals surface area contributed by atoms with Gasteiger partial charge in [0, 0.05) is 30.6 Å². The molecule has 5 nitrogen and oxygen atoms in total. The fourth-order valence-electron chi connectivity index (χ4n) is 2.45. The number of pyridine rings is 1. The van der Waals surface area contributed by atoms with Crippen LogP contribution < -0.4 is 4.74 Å². The molecule has 2 aromatic rings. The summed E-state index contributed by atoms with van der Waals surface area (Å²) < 4.78 is 43.6. The molecule has 1 aliphatic heterocycles. The number of rotatable bonds is 3. The first-order valence-electron chi connectivity index (χ1n) is 7.24. The Hall–Kier alpha value is -2.16. The van der Waals surface area contributed by atoms with Crippen LogP contribution in [-0.4, -0.2) is 40.0 Å². The molecular formula is C15H14F3N3O2S. The van der Waals surface area contributed by atoms with Crippen LogP contribution >= 0.6 is 11.3 Å².